The number of nitrogens with two attached hydrogens (primary N) is 1. The summed E-state index contributed by atoms with van der Waals surface area (Å²) in [6, 6.07) is 0. The molecule has 4 nitrogen and oxygen atoms in total. The molecule has 1 aliphatic rings. The Morgan fingerprint density at radius 3 is 2.81 bits per heavy atom. The molecule has 0 aromatic heterocycles. The van der Waals surface area contributed by atoms with Crippen LogP contribution in [-0.4, -0.2) is 44.2 Å². The van der Waals surface area contributed by atoms with Crippen LogP contribution < -0.4 is 5.73 Å². The Morgan fingerprint density at radius 1 is 1.56 bits per heavy atom. The van der Waals surface area contributed by atoms with Gasteiger partial charge in [0.2, 0.25) is 5.91 Å². The highest BCUT2D eigenvalue weighted by atomic mass is 16.5. The Balaban J connectivity index is 2.02. The summed E-state index contributed by atoms with van der Waals surface area (Å²) in [6.45, 7) is 4.76. The van der Waals surface area contributed by atoms with Gasteiger partial charge in [-0.1, -0.05) is 6.92 Å². The summed E-state index contributed by atoms with van der Waals surface area (Å²) >= 11 is 0. The Hall–Kier alpha value is -0.610. The van der Waals surface area contributed by atoms with E-state index in [1.165, 1.54) is 12.8 Å². The zero-order valence-electron chi connectivity index (χ0n) is 10.4. The van der Waals surface area contributed by atoms with Crippen molar-refractivity contribution in [2.24, 2.45) is 17.6 Å². The van der Waals surface area contributed by atoms with Gasteiger partial charge in [0.05, 0.1) is 6.61 Å². The lowest BCUT2D eigenvalue weighted by Gasteiger charge is -2.19. The lowest BCUT2D eigenvalue weighted by atomic mass is 10.1. The van der Waals surface area contributed by atoms with Gasteiger partial charge in [0.15, 0.2) is 0 Å². The van der Waals surface area contributed by atoms with E-state index in [1.54, 1.807) is 4.90 Å². The summed E-state index contributed by atoms with van der Waals surface area (Å²) in [4.78, 5) is 13.4. The quantitative estimate of drug-likeness (QED) is 0.627. The molecule has 0 aromatic rings. The predicted molar refractivity (Wildman–Crippen MR) is 64.0 cm³/mol. The maximum absolute atomic E-state index is 11.7. The van der Waals surface area contributed by atoms with Crippen LogP contribution in [0.3, 0.4) is 0 Å². The van der Waals surface area contributed by atoms with Crippen LogP contribution in [0.2, 0.25) is 0 Å². The first-order valence-corrected chi connectivity index (χ1v) is 6.15. The number of carbonyl (C=O) groups is 1. The van der Waals surface area contributed by atoms with Crippen LogP contribution in [0.15, 0.2) is 0 Å². The van der Waals surface area contributed by atoms with Crippen molar-refractivity contribution in [1.29, 1.82) is 0 Å². The van der Waals surface area contributed by atoms with E-state index in [0.29, 0.717) is 26.1 Å². The van der Waals surface area contributed by atoms with E-state index < -0.39 is 0 Å². The molecule has 1 rings (SSSR count). The molecule has 16 heavy (non-hydrogen) atoms. The van der Waals surface area contributed by atoms with Crippen molar-refractivity contribution in [3.63, 3.8) is 0 Å². The molecule has 4 heteroatoms. The van der Waals surface area contributed by atoms with Crippen molar-refractivity contribution in [3.05, 3.63) is 0 Å². The van der Waals surface area contributed by atoms with Gasteiger partial charge >= 0.3 is 0 Å². The van der Waals surface area contributed by atoms with Crippen LogP contribution in [0.4, 0.5) is 0 Å². The Morgan fingerprint density at radius 2 is 2.25 bits per heavy atom. The normalized spacial score (nSPS) is 17.2. The second-order valence-corrected chi connectivity index (χ2v) is 4.88. The van der Waals surface area contributed by atoms with E-state index in [2.05, 4.69) is 0 Å². The number of hydrogen-bond donors (Lipinski definition) is 1. The summed E-state index contributed by atoms with van der Waals surface area (Å²) in [5.41, 5.74) is 5.49. The molecule has 1 fully saturated rings. The molecule has 1 atom stereocenters. The second kappa shape index (κ2) is 6.86. The SMILES string of the molecule is CC(CN)CC(=O)N(C)CCOCC1CC1. The van der Waals surface area contributed by atoms with Crippen LogP contribution in [-0.2, 0) is 9.53 Å². The van der Waals surface area contributed by atoms with Gasteiger partial charge in [0, 0.05) is 26.6 Å². The molecule has 0 bridgehead atoms. The number of ether oxygens (including phenoxy) is 1. The lowest BCUT2D eigenvalue weighted by Crippen LogP contribution is -2.32. The fourth-order valence-corrected chi connectivity index (χ4v) is 1.40. The molecule has 0 heterocycles. The first-order chi connectivity index (χ1) is 7.63. The van der Waals surface area contributed by atoms with Crippen molar-refractivity contribution in [1.82, 2.24) is 4.90 Å². The van der Waals surface area contributed by atoms with Crippen LogP contribution in [0.25, 0.3) is 0 Å². The fourth-order valence-electron chi connectivity index (χ4n) is 1.40. The minimum absolute atomic E-state index is 0.160. The molecular formula is C12H24N2O2. The zero-order valence-corrected chi connectivity index (χ0v) is 10.4. The van der Waals surface area contributed by atoms with E-state index >= 15 is 0 Å². The van der Waals surface area contributed by atoms with Gasteiger partial charge in [0.25, 0.3) is 0 Å². The van der Waals surface area contributed by atoms with Crippen molar-refractivity contribution >= 4 is 5.91 Å². The van der Waals surface area contributed by atoms with Gasteiger partial charge in [-0.3, -0.25) is 4.79 Å². The fraction of sp³-hybridized carbons (Fsp3) is 0.917. The Labute approximate surface area is 98.1 Å². The summed E-state index contributed by atoms with van der Waals surface area (Å²) < 4.78 is 5.49. The maximum atomic E-state index is 11.7. The molecule has 0 aliphatic heterocycles. The maximum Gasteiger partial charge on any atom is 0.222 e. The predicted octanol–water partition coefficient (Wildman–Crippen LogP) is 0.856. The zero-order chi connectivity index (χ0) is 12.0. The summed E-state index contributed by atoms with van der Waals surface area (Å²) in [6.07, 6.45) is 3.15. The summed E-state index contributed by atoms with van der Waals surface area (Å²) in [5, 5.41) is 0. The molecule has 0 spiro atoms. The van der Waals surface area contributed by atoms with Gasteiger partial charge in [-0.05, 0) is 31.2 Å². The lowest BCUT2D eigenvalue weighted by molar-refractivity contribution is -0.131. The third-order valence-corrected chi connectivity index (χ3v) is 2.97. The van der Waals surface area contributed by atoms with Crippen molar-refractivity contribution in [2.75, 3.05) is 33.4 Å². The van der Waals surface area contributed by atoms with E-state index in [4.69, 9.17) is 10.5 Å². The minimum Gasteiger partial charge on any atom is -0.379 e. The summed E-state index contributed by atoms with van der Waals surface area (Å²) in [5.74, 6) is 1.22. The molecular weight excluding hydrogens is 204 g/mol. The third-order valence-electron chi connectivity index (χ3n) is 2.97. The number of carbonyl (C=O) groups excluding carboxylic acids is 1. The minimum atomic E-state index is 0.160. The molecule has 1 saturated carbocycles. The number of amides is 1. The topological polar surface area (TPSA) is 55.6 Å². The van der Waals surface area contributed by atoms with Crippen molar-refractivity contribution in [2.45, 2.75) is 26.2 Å². The summed E-state index contributed by atoms with van der Waals surface area (Å²) in [7, 11) is 1.83. The number of likely N-dealkylation sites (N-methyl/N-ethyl adjacent to an activating group) is 1. The van der Waals surface area contributed by atoms with E-state index in [-0.39, 0.29) is 11.8 Å². The number of rotatable bonds is 8. The second-order valence-electron chi connectivity index (χ2n) is 4.88. The van der Waals surface area contributed by atoms with Gasteiger partial charge in [-0.25, -0.2) is 0 Å². The smallest absolute Gasteiger partial charge is 0.222 e. The average Bonchev–Trinajstić information content (AvgIpc) is 3.07. The Kier molecular flexibility index (Phi) is 5.77. The Bertz CT molecular complexity index is 217. The molecule has 1 aliphatic carbocycles. The van der Waals surface area contributed by atoms with Gasteiger partial charge in [0.1, 0.15) is 0 Å². The molecule has 0 saturated heterocycles. The van der Waals surface area contributed by atoms with Gasteiger partial charge in [-0.15, -0.1) is 0 Å². The van der Waals surface area contributed by atoms with E-state index in [0.717, 1.165) is 12.5 Å². The van der Waals surface area contributed by atoms with Crippen LogP contribution in [0.5, 0.6) is 0 Å². The standard InChI is InChI=1S/C12H24N2O2/c1-10(8-13)7-12(15)14(2)5-6-16-9-11-3-4-11/h10-11H,3-9,13H2,1-2H3. The average molecular weight is 228 g/mol. The number of hydrogen-bond acceptors (Lipinski definition) is 3. The van der Waals surface area contributed by atoms with E-state index in [9.17, 15) is 4.79 Å². The van der Waals surface area contributed by atoms with Crippen LogP contribution >= 0.6 is 0 Å². The molecule has 0 aromatic carbocycles. The first kappa shape index (κ1) is 13.5. The largest absolute Gasteiger partial charge is 0.379 e. The van der Waals surface area contributed by atoms with Gasteiger partial charge < -0.3 is 15.4 Å². The first-order valence-electron chi connectivity index (χ1n) is 6.15. The molecule has 1 amide bonds. The van der Waals surface area contributed by atoms with Crippen LogP contribution in [0.1, 0.15) is 26.2 Å². The monoisotopic (exact) mass is 228 g/mol. The molecule has 2 N–H and O–H groups in total. The van der Waals surface area contributed by atoms with Crippen molar-refractivity contribution < 1.29 is 9.53 Å². The molecule has 0 radical (unpaired) electrons. The molecule has 94 valence electrons. The van der Waals surface area contributed by atoms with Crippen LogP contribution in [0, 0.1) is 11.8 Å². The van der Waals surface area contributed by atoms with Gasteiger partial charge in [-0.2, -0.15) is 0 Å². The highest BCUT2D eigenvalue weighted by molar-refractivity contribution is 5.76. The highest BCUT2D eigenvalue weighted by Gasteiger charge is 2.21. The van der Waals surface area contributed by atoms with Crippen molar-refractivity contribution in [3.8, 4) is 0 Å². The third kappa shape index (κ3) is 5.47. The van der Waals surface area contributed by atoms with E-state index in [1.807, 2.05) is 14.0 Å². The number of nitrogens with zero attached hydrogens (tertiary/aromatic N) is 1. The highest BCUT2D eigenvalue weighted by Crippen LogP contribution is 2.28. The molecule has 1 unspecified atom stereocenters.